The van der Waals surface area contributed by atoms with E-state index in [0.29, 0.717) is 18.3 Å². The lowest BCUT2D eigenvalue weighted by Gasteiger charge is -2.26. The number of hydrogen-bond donors (Lipinski definition) is 2. The highest BCUT2D eigenvalue weighted by atomic mass is 16.5. The number of carboxylic acid groups (broad SMARTS) is 1. The van der Waals surface area contributed by atoms with Crippen molar-refractivity contribution in [1.82, 2.24) is 15.5 Å². The predicted octanol–water partition coefficient (Wildman–Crippen LogP) is 1.05. The summed E-state index contributed by atoms with van der Waals surface area (Å²) in [5, 5.41) is 15.9. The molecule has 6 heteroatoms. The number of nitrogens with one attached hydrogen (secondary N) is 1. The van der Waals surface area contributed by atoms with Gasteiger partial charge in [-0.25, -0.2) is 0 Å². The Bertz CT molecular complexity index is 345. The Morgan fingerprint density at radius 1 is 1.47 bits per heavy atom. The van der Waals surface area contributed by atoms with Gasteiger partial charge in [-0.05, 0) is 38.1 Å². The molecule has 0 bridgehead atoms. The van der Waals surface area contributed by atoms with E-state index in [4.69, 9.17) is 5.11 Å². The molecule has 1 heterocycles. The lowest BCUT2D eigenvalue weighted by atomic mass is 9.82. The minimum Gasteiger partial charge on any atom is -0.481 e. The molecular formula is C11H17N3O3. The van der Waals surface area contributed by atoms with Crippen LogP contribution in [0.3, 0.4) is 0 Å². The second kappa shape index (κ2) is 5.77. The third-order valence-electron chi connectivity index (χ3n) is 3.32. The van der Waals surface area contributed by atoms with E-state index in [9.17, 15) is 4.79 Å². The Balaban J connectivity index is 1.63. The highest BCUT2D eigenvalue weighted by Crippen LogP contribution is 2.28. The summed E-state index contributed by atoms with van der Waals surface area (Å²) in [6.45, 7) is 1.50. The smallest absolute Gasteiger partial charge is 0.306 e. The molecule has 1 fully saturated rings. The molecule has 94 valence electrons. The van der Waals surface area contributed by atoms with E-state index < -0.39 is 5.97 Å². The van der Waals surface area contributed by atoms with Crippen molar-refractivity contribution >= 4 is 5.97 Å². The van der Waals surface area contributed by atoms with E-state index in [1.54, 1.807) is 0 Å². The summed E-state index contributed by atoms with van der Waals surface area (Å²) < 4.78 is 4.63. The maximum atomic E-state index is 10.8. The number of carboxylic acids is 1. The van der Waals surface area contributed by atoms with Gasteiger partial charge in [0, 0.05) is 0 Å². The first-order valence-electron chi connectivity index (χ1n) is 5.94. The van der Waals surface area contributed by atoms with Gasteiger partial charge in [0.2, 0.25) is 6.39 Å². The maximum Gasteiger partial charge on any atom is 0.306 e. The molecule has 6 nitrogen and oxygen atoms in total. The van der Waals surface area contributed by atoms with Gasteiger partial charge in [0.05, 0.1) is 12.5 Å². The quantitative estimate of drug-likeness (QED) is 0.798. The molecule has 0 aliphatic heterocycles. The van der Waals surface area contributed by atoms with Crippen LogP contribution in [0.2, 0.25) is 0 Å². The van der Waals surface area contributed by atoms with Crippen LogP contribution in [0.5, 0.6) is 0 Å². The molecule has 2 N–H and O–H groups in total. The Morgan fingerprint density at radius 2 is 2.24 bits per heavy atom. The molecule has 0 saturated heterocycles. The summed E-state index contributed by atoms with van der Waals surface area (Å²) >= 11 is 0. The van der Waals surface area contributed by atoms with Gasteiger partial charge in [-0.1, -0.05) is 5.16 Å². The summed E-state index contributed by atoms with van der Waals surface area (Å²) in [5.41, 5.74) is 0. The van der Waals surface area contributed by atoms with Crippen LogP contribution in [0, 0.1) is 11.8 Å². The second-order valence-corrected chi connectivity index (χ2v) is 4.53. The van der Waals surface area contributed by atoms with Crippen molar-refractivity contribution in [1.29, 1.82) is 0 Å². The van der Waals surface area contributed by atoms with Gasteiger partial charge < -0.3 is 14.9 Å². The summed E-state index contributed by atoms with van der Waals surface area (Å²) in [6.07, 6.45) is 4.87. The summed E-state index contributed by atoms with van der Waals surface area (Å²) in [5.74, 6) is 0.438. The lowest BCUT2D eigenvalue weighted by Crippen LogP contribution is -2.28. The zero-order valence-electron chi connectivity index (χ0n) is 9.63. The highest BCUT2D eigenvalue weighted by molar-refractivity contribution is 5.69. The Kier molecular flexibility index (Phi) is 4.08. The van der Waals surface area contributed by atoms with Crippen molar-refractivity contribution in [2.75, 3.05) is 6.54 Å². The molecule has 1 aromatic rings. The molecule has 0 amide bonds. The molecule has 2 rings (SSSR count). The van der Waals surface area contributed by atoms with Crippen LogP contribution in [0.15, 0.2) is 10.9 Å². The third kappa shape index (κ3) is 3.52. The molecular weight excluding hydrogens is 222 g/mol. The van der Waals surface area contributed by atoms with E-state index in [1.165, 1.54) is 6.39 Å². The van der Waals surface area contributed by atoms with Crippen molar-refractivity contribution in [3.8, 4) is 0 Å². The molecule has 1 saturated carbocycles. The molecule has 17 heavy (non-hydrogen) atoms. The zero-order chi connectivity index (χ0) is 12.1. The summed E-state index contributed by atoms with van der Waals surface area (Å²) in [6, 6.07) is 0. The summed E-state index contributed by atoms with van der Waals surface area (Å²) in [7, 11) is 0. The fourth-order valence-corrected chi connectivity index (χ4v) is 2.27. The minimum absolute atomic E-state index is 0.136. The van der Waals surface area contributed by atoms with Crippen LogP contribution in [0.4, 0.5) is 0 Å². The number of hydrogen-bond acceptors (Lipinski definition) is 5. The molecule has 1 aliphatic carbocycles. The highest BCUT2D eigenvalue weighted by Gasteiger charge is 2.25. The SMILES string of the molecule is O=C(O)C1CCC(CNCc2ncon2)CC1. The van der Waals surface area contributed by atoms with Crippen molar-refractivity contribution < 1.29 is 14.4 Å². The molecule has 1 aliphatic rings. The van der Waals surface area contributed by atoms with E-state index in [-0.39, 0.29) is 5.92 Å². The van der Waals surface area contributed by atoms with Gasteiger partial charge >= 0.3 is 5.97 Å². The number of rotatable bonds is 5. The number of carbonyl (C=O) groups is 1. The van der Waals surface area contributed by atoms with Crippen LogP contribution < -0.4 is 5.32 Å². The minimum atomic E-state index is -0.650. The number of aromatic nitrogens is 2. The van der Waals surface area contributed by atoms with Crippen molar-refractivity contribution in [3.63, 3.8) is 0 Å². The molecule has 0 atom stereocenters. The van der Waals surface area contributed by atoms with Crippen molar-refractivity contribution in [2.45, 2.75) is 32.2 Å². The van der Waals surface area contributed by atoms with E-state index in [1.807, 2.05) is 0 Å². The molecule has 0 unspecified atom stereocenters. The monoisotopic (exact) mass is 239 g/mol. The number of nitrogens with zero attached hydrogens (tertiary/aromatic N) is 2. The predicted molar refractivity (Wildman–Crippen MR) is 59.1 cm³/mol. The van der Waals surface area contributed by atoms with Gasteiger partial charge in [-0.2, -0.15) is 4.98 Å². The largest absolute Gasteiger partial charge is 0.481 e. The first-order chi connectivity index (χ1) is 8.25. The second-order valence-electron chi connectivity index (χ2n) is 4.53. The van der Waals surface area contributed by atoms with Gasteiger partial charge in [0.25, 0.3) is 0 Å². The molecule has 0 spiro atoms. The average molecular weight is 239 g/mol. The third-order valence-corrected chi connectivity index (χ3v) is 3.32. The van der Waals surface area contributed by atoms with Gasteiger partial charge in [-0.15, -0.1) is 0 Å². The molecule has 1 aromatic heterocycles. The standard InChI is InChI=1S/C11H17N3O3/c15-11(16)9-3-1-8(2-4-9)5-12-6-10-13-7-17-14-10/h7-9,12H,1-6H2,(H,15,16). The van der Waals surface area contributed by atoms with Crippen LogP contribution in [0.25, 0.3) is 0 Å². The summed E-state index contributed by atoms with van der Waals surface area (Å²) in [4.78, 5) is 14.7. The Labute approximate surface area is 99.4 Å². The molecule has 0 aromatic carbocycles. The van der Waals surface area contributed by atoms with Crippen molar-refractivity contribution in [3.05, 3.63) is 12.2 Å². The fraction of sp³-hybridized carbons (Fsp3) is 0.727. The lowest BCUT2D eigenvalue weighted by molar-refractivity contribution is -0.143. The average Bonchev–Trinajstić information content (AvgIpc) is 2.83. The molecule has 0 radical (unpaired) electrons. The van der Waals surface area contributed by atoms with E-state index >= 15 is 0 Å². The van der Waals surface area contributed by atoms with Crippen LogP contribution in [-0.2, 0) is 11.3 Å². The first-order valence-corrected chi connectivity index (χ1v) is 5.94. The Hall–Kier alpha value is -1.43. The fourth-order valence-electron chi connectivity index (χ4n) is 2.27. The van der Waals surface area contributed by atoms with E-state index in [0.717, 1.165) is 32.2 Å². The van der Waals surface area contributed by atoms with E-state index in [2.05, 4.69) is 20.0 Å². The van der Waals surface area contributed by atoms with Gasteiger partial charge in [0.1, 0.15) is 0 Å². The maximum absolute atomic E-state index is 10.8. The normalized spacial score (nSPS) is 24.7. The first kappa shape index (κ1) is 12.0. The van der Waals surface area contributed by atoms with Gasteiger partial charge in [0.15, 0.2) is 5.82 Å². The van der Waals surface area contributed by atoms with Gasteiger partial charge in [-0.3, -0.25) is 4.79 Å². The Morgan fingerprint density at radius 3 is 2.82 bits per heavy atom. The zero-order valence-corrected chi connectivity index (χ0v) is 9.63. The van der Waals surface area contributed by atoms with Crippen LogP contribution in [-0.4, -0.2) is 27.8 Å². The van der Waals surface area contributed by atoms with Crippen molar-refractivity contribution in [2.24, 2.45) is 11.8 Å². The van der Waals surface area contributed by atoms with Crippen LogP contribution in [0.1, 0.15) is 31.5 Å². The van der Waals surface area contributed by atoms with Crippen LogP contribution >= 0.6 is 0 Å². The topological polar surface area (TPSA) is 88.2 Å². The number of aliphatic carboxylic acids is 1.